The summed E-state index contributed by atoms with van der Waals surface area (Å²) < 4.78 is 18.5. The maximum absolute atomic E-state index is 12.6. The summed E-state index contributed by atoms with van der Waals surface area (Å²) in [4.78, 5) is 12.6. The molecule has 182 valence electrons. The largest absolute Gasteiger partial charge is 0.493 e. The molecule has 8 nitrogen and oxygen atoms in total. The molecule has 2 atom stereocenters. The van der Waals surface area contributed by atoms with Crippen LogP contribution >= 0.6 is 0 Å². The van der Waals surface area contributed by atoms with E-state index >= 15 is 0 Å². The Bertz CT molecular complexity index is 1150. The number of hydrogen-bond acceptors (Lipinski definition) is 7. The van der Waals surface area contributed by atoms with Crippen molar-refractivity contribution in [1.82, 2.24) is 15.1 Å². The Hall–Kier alpha value is -3.10. The van der Waals surface area contributed by atoms with Gasteiger partial charge in [-0.3, -0.25) is 0 Å². The molecule has 8 heteroatoms. The molecule has 0 aliphatic carbocycles. The number of nitrogens with one attached hydrogen (secondary N) is 1. The Labute approximate surface area is 199 Å². The summed E-state index contributed by atoms with van der Waals surface area (Å²) in [6.07, 6.45) is -0.270. The SMILES string of the molecule is Cc1nn(C(=O)OC(C)(C)C)c2cccc(OCC(O)CNCC3COc4ccccc4C3)c12. The molecule has 0 saturated heterocycles. The summed E-state index contributed by atoms with van der Waals surface area (Å²) in [6, 6.07) is 13.5. The highest BCUT2D eigenvalue weighted by Crippen LogP contribution is 2.29. The van der Waals surface area contributed by atoms with Crippen LogP contribution < -0.4 is 14.8 Å². The van der Waals surface area contributed by atoms with Crippen molar-refractivity contribution in [3.05, 3.63) is 53.7 Å². The van der Waals surface area contributed by atoms with Gasteiger partial charge in [-0.1, -0.05) is 24.3 Å². The van der Waals surface area contributed by atoms with Crippen molar-refractivity contribution >= 4 is 17.0 Å². The molecule has 2 N–H and O–H groups in total. The predicted molar refractivity (Wildman–Crippen MR) is 130 cm³/mol. The Morgan fingerprint density at radius 1 is 1.26 bits per heavy atom. The number of aromatic nitrogens is 2. The van der Waals surface area contributed by atoms with E-state index in [9.17, 15) is 9.90 Å². The lowest BCUT2D eigenvalue weighted by Crippen LogP contribution is -2.37. The number of benzene rings is 2. The van der Waals surface area contributed by atoms with Gasteiger partial charge in [0.05, 0.1) is 23.2 Å². The van der Waals surface area contributed by atoms with E-state index < -0.39 is 17.8 Å². The fourth-order valence-electron chi connectivity index (χ4n) is 4.10. The fourth-order valence-corrected chi connectivity index (χ4v) is 4.10. The van der Waals surface area contributed by atoms with Gasteiger partial charge in [0, 0.05) is 19.0 Å². The van der Waals surface area contributed by atoms with Gasteiger partial charge in [-0.25, -0.2) is 4.79 Å². The van der Waals surface area contributed by atoms with E-state index in [1.54, 1.807) is 12.1 Å². The first-order valence-corrected chi connectivity index (χ1v) is 11.7. The van der Waals surface area contributed by atoms with Crippen LogP contribution in [-0.4, -0.2) is 59.0 Å². The first-order valence-electron chi connectivity index (χ1n) is 11.7. The molecule has 34 heavy (non-hydrogen) atoms. The molecule has 3 aromatic rings. The van der Waals surface area contributed by atoms with Gasteiger partial charge in [-0.15, -0.1) is 0 Å². The van der Waals surface area contributed by atoms with Crippen LogP contribution in [0.25, 0.3) is 10.9 Å². The van der Waals surface area contributed by atoms with Gasteiger partial charge in [0.25, 0.3) is 0 Å². The summed E-state index contributed by atoms with van der Waals surface area (Å²) in [5.74, 6) is 1.89. The first kappa shape index (κ1) is 24.0. The number of nitrogens with zero attached hydrogens (tertiary/aromatic N) is 2. The molecule has 2 aromatic carbocycles. The topological polar surface area (TPSA) is 94.8 Å². The normalized spacial score (nSPS) is 16.6. The third-order valence-corrected chi connectivity index (χ3v) is 5.61. The van der Waals surface area contributed by atoms with Crippen molar-refractivity contribution < 1.29 is 24.1 Å². The summed E-state index contributed by atoms with van der Waals surface area (Å²) in [7, 11) is 0. The van der Waals surface area contributed by atoms with Crippen molar-refractivity contribution in [2.75, 3.05) is 26.3 Å². The number of carbonyl (C=O) groups is 1. The minimum Gasteiger partial charge on any atom is -0.493 e. The maximum atomic E-state index is 12.6. The van der Waals surface area contributed by atoms with E-state index in [-0.39, 0.29) is 6.61 Å². The number of aliphatic hydroxyl groups excluding tert-OH is 1. The number of aliphatic hydroxyl groups is 1. The Morgan fingerprint density at radius 2 is 2.06 bits per heavy atom. The van der Waals surface area contributed by atoms with Gasteiger partial charge in [0.1, 0.15) is 29.8 Å². The predicted octanol–water partition coefficient (Wildman–Crippen LogP) is 3.71. The number of fused-ring (bicyclic) bond motifs is 2. The Kier molecular flexibility index (Phi) is 7.09. The van der Waals surface area contributed by atoms with E-state index in [0.717, 1.165) is 24.1 Å². The molecular formula is C26H33N3O5. The summed E-state index contributed by atoms with van der Waals surface area (Å²) in [5.41, 5.74) is 1.86. The third-order valence-electron chi connectivity index (χ3n) is 5.61. The highest BCUT2D eigenvalue weighted by atomic mass is 16.6. The van der Waals surface area contributed by atoms with Crippen molar-refractivity contribution in [3.63, 3.8) is 0 Å². The second kappa shape index (κ2) is 10.0. The van der Waals surface area contributed by atoms with E-state index in [4.69, 9.17) is 14.2 Å². The second-order valence-corrected chi connectivity index (χ2v) is 9.74. The van der Waals surface area contributed by atoms with Crippen molar-refractivity contribution in [2.45, 2.75) is 45.8 Å². The number of para-hydroxylation sites is 1. The van der Waals surface area contributed by atoms with Crippen molar-refractivity contribution in [3.8, 4) is 11.5 Å². The molecule has 0 bridgehead atoms. The monoisotopic (exact) mass is 467 g/mol. The Balaban J connectivity index is 1.31. The van der Waals surface area contributed by atoms with Crippen LogP contribution in [0, 0.1) is 12.8 Å². The van der Waals surface area contributed by atoms with E-state index in [0.29, 0.717) is 36.0 Å². The van der Waals surface area contributed by atoms with Gasteiger partial charge in [0.15, 0.2) is 0 Å². The molecule has 0 fully saturated rings. The highest BCUT2D eigenvalue weighted by Gasteiger charge is 2.23. The molecule has 0 amide bonds. The lowest BCUT2D eigenvalue weighted by molar-refractivity contribution is 0.0522. The molecule has 0 radical (unpaired) electrons. The first-order chi connectivity index (χ1) is 16.2. The maximum Gasteiger partial charge on any atom is 0.435 e. The van der Waals surface area contributed by atoms with Gasteiger partial charge in [-0.05, 0) is 57.9 Å². The molecule has 0 saturated carbocycles. The number of aryl methyl sites for hydroxylation is 1. The van der Waals surface area contributed by atoms with Crippen LogP contribution in [0.5, 0.6) is 11.5 Å². The lowest BCUT2D eigenvalue weighted by Gasteiger charge is -2.25. The average molecular weight is 468 g/mol. The minimum atomic E-state index is -0.687. The standard InChI is InChI=1S/C26H33N3O5/c1-17-24-21(29(28-17)25(31)34-26(2,3)4)9-7-11-23(24)33-16-20(30)14-27-13-18-12-19-8-5-6-10-22(19)32-15-18/h5-11,18,20,27,30H,12-16H2,1-4H3. The number of hydrogen-bond donors (Lipinski definition) is 2. The highest BCUT2D eigenvalue weighted by molar-refractivity contribution is 5.93. The third kappa shape index (κ3) is 5.69. The molecule has 0 spiro atoms. The molecular weight excluding hydrogens is 434 g/mol. The van der Waals surface area contributed by atoms with E-state index in [1.807, 2.05) is 52.0 Å². The quantitative estimate of drug-likeness (QED) is 0.547. The molecule has 2 heterocycles. The smallest absolute Gasteiger partial charge is 0.435 e. The summed E-state index contributed by atoms with van der Waals surface area (Å²) in [5, 5.41) is 18.9. The molecule has 1 aliphatic rings. The Morgan fingerprint density at radius 3 is 2.85 bits per heavy atom. The fraction of sp³-hybridized carbons (Fsp3) is 0.462. The molecule has 1 aromatic heterocycles. The van der Waals surface area contributed by atoms with Crippen LogP contribution in [0.4, 0.5) is 4.79 Å². The van der Waals surface area contributed by atoms with Gasteiger partial charge in [-0.2, -0.15) is 9.78 Å². The van der Waals surface area contributed by atoms with Crippen LogP contribution in [0.15, 0.2) is 42.5 Å². The summed E-state index contributed by atoms with van der Waals surface area (Å²) in [6.45, 7) is 9.20. The van der Waals surface area contributed by atoms with Crippen molar-refractivity contribution in [1.29, 1.82) is 0 Å². The molecule has 1 aliphatic heterocycles. The van der Waals surface area contributed by atoms with Gasteiger partial charge >= 0.3 is 6.09 Å². The van der Waals surface area contributed by atoms with E-state index in [1.165, 1.54) is 10.2 Å². The average Bonchev–Trinajstić information content (AvgIpc) is 3.14. The van der Waals surface area contributed by atoms with Crippen LogP contribution in [0.2, 0.25) is 0 Å². The number of ether oxygens (including phenoxy) is 3. The molecule has 2 unspecified atom stereocenters. The van der Waals surface area contributed by atoms with Crippen LogP contribution in [0.1, 0.15) is 32.0 Å². The second-order valence-electron chi connectivity index (χ2n) is 9.74. The summed E-state index contributed by atoms with van der Waals surface area (Å²) >= 11 is 0. The van der Waals surface area contributed by atoms with Crippen molar-refractivity contribution in [2.24, 2.45) is 5.92 Å². The van der Waals surface area contributed by atoms with Gasteiger partial charge < -0.3 is 24.6 Å². The van der Waals surface area contributed by atoms with Gasteiger partial charge in [0.2, 0.25) is 0 Å². The number of carbonyl (C=O) groups excluding carboxylic acids is 1. The minimum absolute atomic E-state index is 0.118. The lowest BCUT2D eigenvalue weighted by atomic mass is 9.97. The zero-order valence-electron chi connectivity index (χ0n) is 20.2. The van der Waals surface area contributed by atoms with E-state index in [2.05, 4.69) is 16.5 Å². The van der Waals surface area contributed by atoms with Crippen LogP contribution in [0.3, 0.4) is 0 Å². The molecule has 4 rings (SSSR count). The zero-order valence-corrected chi connectivity index (χ0v) is 20.2. The van der Waals surface area contributed by atoms with Crippen LogP contribution in [-0.2, 0) is 11.2 Å². The zero-order chi connectivity index (χ0) is 24.3. The number of rotatable bonds is 7.